The molecule has 0 aromatic rings. The third-order valence-corrected chi connectivity index (χ3v) is 6.42. The summed E-state index contributed by atoms with van der Waals surface area (Å²) in [7, 11) is 0. The Morgan fingerprint density at radius 3 is 2.73 bits per heavy atom. The van der Waals surface area contributed by atoms with Gasteiger partial charge < -0.3 is 5.11 Å². The predicted molar refractivity (Wildman–Crippen MR) is 95.7 cm³/mol. The Kier molecular flexibility index (Phi) is 6.32. The second kappa shape index (κ2) is 7.81. The molecular weight excluding hydrogens is 268 g/mol. The van der Waals surface area contributed by atoms with Gasteiger partial charge in [0, 0.05) is 0 Å². The van der Waals surface area contributed by atoms with Gasteiger partial charge in [-0.15, -0.1) is 0 Å². The van der Waals surface area contributed by atoms with E-state index in [0.717, 1.165) is 23.7 Å². The molecule has 0 unspecified atom stereocenters. The van der Waals surface area contributed by atoms with Gasteiger partial charge in [-0.2, -0.15) is 0 Å². The lowest BCUT2D eigenvalue weighted by Gasteiger charge is -2.43. The lowest BCUT2D eigenvalue weighted by molar-refractivity contribution is 0.107. The van der Waals surface area contributed by atoms with Crippen LogP contribution in [0, 0.1) is 29.1 Å². The Morgan fingerprint density at radius 1 is 1.27 bits per heavy atom. The SMILES string of the molecule is CC(C)CCC[C@@H](C)[C@H]1CC[C@H]2C(/C=C/CO)=CCC[C@]12C. The van der Waals surface area contributed by atoms with Gasteiger partial charge in [0.25, 0.3) is 0 Å². The topological polar surface area (TPSA) is 20.2 Å². The maximum absolute atomic E-state index is 9.07. The van der Waals surface area contributed by atoms with E-state index in [1.165, 1.54) is 50.5 Å². The first-order valence-corrected chi connectivity index (χ1v) is 9.46. The van der Waals surface area contributed by atoms with E-state index in [-0.39, 0.29) is 6.61 Å². The summed E-state index contributed by atoms with van der Waals surface area (Å²) < 4.78 is 0. The van der Waals surface area contributed by atoms with E-state index in [9.17, 15) is 0 Å². The van der Waals surface area contributed by atoms with Crippen LogP contribution in [0.15, 0.2) is 23.8 Å². The Hall–Kier alpha value is -0.560. The third kappa shape index (κ3) is 3.85. The number of hydrogen-bond donors (Lipinski definition) is 1. The largest absolute Gasteiger partial charge is 0.392 e. The molecule has 0 aromatic heterocycles. The summed E-state index contributed by atoms with van der Waals surface area (Å²) in [6, 6.07) is 0. The molecular formula is C21H36O. The summed E-state index contributed by atoms with van der Waals surface area (Å²) in [4.78, 5) is 0. The molecule has 0 heterocycles. The van der Waals surface area contributed by atoms with Gasteiger partial charge >= 0.3 is 0 Å². The van der Waals surface area contributed by atoms with Crippen LogP contribution in [0.25, 0.3) is 0 Å². The first-order chi connectivity index (χ1) is 10.5. The number of aliphatic hydroxyl groups is 1. The van der Waals surface area contributed by atoms with Crippen LogP contribution in [-0.2, 0) is 0 Å². The van der Waals surface area contributed by atoms with Crippen molar-refractivity contribution in [2.45, 2.75) is 72.6 Å². The number of fused-ring (bicyclic) bond motifs is 1. The summed E-state index contributed by atoms with van der Waals surface area (Å²) >= 11 is 0. The van der Waals surface area contributed by atoms with E-state index in [1.807, 2.05) is 6.08 Å². The summed E-state index contributed by atoms with van der Waals surface area (Å²) in [5.74, 6) is 3.30. The Morgan fingerprint density at radius 2 is 2.05 bits per heavy atom. The molecule has 2 aliphatic carbocycles. The van der Waals surface area contributed by atoms with Gasteiger partial charge in [0.05, 0.1) is 6.61 Å². The summed E-state index contributed by atoms with van der Waals surface area (Å²) in [5.41, 5.74) is 1.99. The number of hydrogen-bond acceptors (Lipinski definition) is 1. The molecule has 0 radical (unpaired) electrons. The van der Waals surface area contributed by atoms with Gasteiger partial charge in [-0.05, 0) is 60.3 Å². The minimum absolute atomic E-state index is 0.163. The first-order valence-electron chi connectivity index (χ1n) is 9.46. The van der Waals surface area contributed by atoms with Gasteiger partial charge in [0.15, 0.2) is 0 Å². The Bertz CT molecular complexity index is 406. The molecule has 1 saturated carbocycles. The van der Waals surface area contributed by atoms with E-state index < -0.39 is 0 Å². The number of rotatable bonds is 7. The molecule has 2 rings (SSSR count). The van der Waals surface area contributed by atoms with Crippen LogP contribution in [0.1, 0.15) is 72.6 Å². The maximum Gasteiger partial charge on any atom is 0.0615 e. The average molecular weight is 305 g/mol. The minimum Gasteiger partial charge on any atom is -0.392 e. The Balaban J connectivity index is 2.01. The van der Waals surface area contributed by atoms with Crippen molar-refractivity contribution in [2.24, 2.45) is 29.1 Å². The second-order valence-corrected chi connectivity index (χ2v) is 8.37. The smallest absolute Gasteiger partial charge is 0.0615 e. The lowest BCUT2D eigenvalue weighted by Crippen LogP contribution is -2.35. The van der Waals surface area contributed by atoms with Crippen molar-refractivity contribution in [3.8, 4) is 0 Å². The molecule has 126 valence electrons. The third-order valence-electron chi connectivity index (χ3n) is 6.42. The van der Waals surface area contributed by atoms with Crippen LogP contribution < -0.4 is 0 Å². The first kappa shape index (κ1) is 17.8. The molecule has 1 nitrogen and oxygen atoms in total. The van der Waals surface area contributed by atoms with Crippen molar-refractivity contribution < 1.29 is 5.11 Å². The van der Waals surface area contributed by atoms with E-state index in [1.54, 1.807) is 0 Å². The van der Waals surface area contributed by atoms with Gasteiger partial charge in [-0.3, -0.25) is 0 Å². The molecule has 1 heteroatoms. The summed E-state index contributed by atoms with van der Waals surface area (Å²) in [6.45, 7) is 9.89. The summed E-state index contributed by atoms with van der Waals surface area (Å²) in [6.07, 6.45) is 16.0. The molecule has 2 aliphatic rings. The fourth-order valence-electron chi connectivity index (χ4n) is 5.22. The van der Waals surface area contributed by atoms with Gasteiger partial charge in [-0.25, -0.2) is 0 Å². The standard InChI is InChI=1S/C21H36O/c1-16(2)8-5-9-17(3)19-12-13-20-18(11-7-15-22)10-6-14-21(19,20)4/h7,10-11,16-17,19-20,22H,5-6,8-9,12-15H2,1-4H3/b11-7+/t17-,19-,20+,21-/m1/s1. The molecule has 1 fully saturated rings. The molecule has 0 spiro atoms. The summed E-state index contributed by atoms with van der Waals surface area (Å²) in [5, 5.41) is 9.07. The Labute approximate surface area is 137 Å². The van der Waals surface area contributed by atoms with Gasteiger partial charge in [-0.1, -0.05) is 65.2 Å². The highest BCUT2D eigenvalue weighted by molar-refractivity contribution is 5.28. The quantitative estimate of drug-likeness (QED) is 0.635. The van der Waals surface area contributed by atoms with Gasteiger partial charge in [0.2, 0.25) is 0 Å². The zero-order valence-corrected chi connectivity index (χ0v) is 15.1. The average Bonchev–Trinajstić information content (AvgIpc) is 2.82. The fourth-order valence-corrected chi connectivity index (χ4v) is 5.22. The van der Waals surface area contributed by atoms with E-state index in [4.69, 9.17) is 5.11 Å². The van der Waals surface area contributed by atoms with Crippen molar-refractivity contribution in [1.82, 2.24) is 0 Å². The van der Waals surface area contributed by atoms with Crippen molar-refractivity contribution >= 4 is 0 Å². The number of allylic oxidation sites excluding steroid dienone is 3. The van der Waals surface area contributed by atoms with E-state index in [0.29, 0.717) is 5.41 Å². The maximum atomic E-state index is 9.07. The van der Waals surface area contributed by atoms with E-state index >= 15 is 0 Å². The van der Waals surface area contributed by atoms with Crippen molar-refractivity contribution in [2.75, 3.05) is 6.61 Å². The van der Waals surface area contributed by atoms with Crippen LogP contribution in [0.3, 0.4) is 0 Å². The molecule has 0 aliphatic heterocycles. The molecule has 0 amide bonds. The molecule has 1 N–H and O–H groups in total. The predicted octanol–water partition coefficient (Wildman–Crippen LogP) is 5.75. The zero-order valence-electron chi connectivity index (χ0n) is 15.1. The van der Waals surface area contributed by atoms with Crippen LogP contribution >= 0.6 is 0 Å². The molecule has 22 heavy (non-hydrogen) atoms. The lowest BCUT2D eigenvalue weighted by atomic mass is 9.62. The minimum atomic E-state index is 0.163. The van der Waals surface area contributed by atoms with Crippen LogP contribution in [0.5, 0.6) is 0 Å². The monoisotopic (exact) mass is 304 g/mol. The zero-order chi connectivity index (χ0) is 16.2. The fraction of sp³-hybridized carbons (Fsp3) is 0.810. The van der Waals surface area contributed by atoms with Crippen molar-refractivity contribution in [3.63, 3.8) is 0 Å². The highest BCUT2D eigenvalue weighted by atomic mass is 16.2. The highest BCUT2D eigenvalue weighted by Crippen LogP contribution is 2.58. The van der Waals surface area contributed by atoms with Crippen LogP contribution in [0.4, 0.5) is 0 Å². The van der Waals surface area contributed by atoms with Gasteiger partial charge in [0.1, 0.15) is 0 Å². The molecule has 0 bridgehead atoms. The van der Waals surface area contributed by atoms with Crippen LogP contribution in [-0.4, -0.2) is 11.7 Å². The van der Waals surface area contributed by atoms with Crippen molar-refractivity contribution in [3.05, 3.63) is 23.8 Å². The highest BCUT2D eigenvalue weighted by Gasteiger charge is 2.49. The second-order valence-electron chi connectivity index (χ2n) is 8.37. The normalized spacial score (nSPS) is 33.3. The molecule has 4 atom stereocenters. The van der Waals surface area contributed by atoms with Crippen LogP contribution in [0.2, 0.25) is 0 Å². The molecule has 0 aromatic carbocycles. The van der Waals surface area contributed by atoms with Crippen molar-refractivity contribution in [1.29, 1.82) is 0 Å². The molecule has 0 saturated heterocycles. The van der Waals surface area contributed by atoms with E-state index in [2.05, 4.69) is 39.8 Å². The number of aliphatic hydroxyl groups excluding tert-OH is 1.